The molecule has 9 nitrogen and oxygen atoms in total. The van der Waals surface area contributed by atoms with Crippen LogP contribution < -0.4 is 0 Å². The molecule has 1 N–H and O–H groups in total. The Kier molecular flexibility index (Phi) is 9.53. The van der Waals surface area contributed by atoms with Gasteiger partial charge in [0.2, 0.25) is 0 Å². The standard InChI is InChI=1S/C31H48O9/c1-18(6-9-25(35)19(2)29(36)37-5)22-7-8-23-28-24(14-27(40-17-34)31(22,23)4)30(3)11-10-21(38-15-32)12-20(30)13-26(28)39-16-33/h15-28,35H,6-14H2,1-5H3/t18-,19?,20+,21-,22-,23+,24+,25?,26-,27+,28+,30+,31-/m1/s1. The van der Waals surface area contributed by atoms with Gasteiger partial charge in [-0.15, -0.1) is 0 Å². The maximum Gasteiger partial charge on any atom is 0.311 e. The number of fused-ring (bicyclic) bond motifs is 5. The lowest BCUT2D eigenvalue weighted by Gasteiger charge is -2.64. The van der Waals surface area contributed by atoms with E-state index in [9.17, 15) is 24.3 Å². The minimum Gasteiger partial charge on any atom is -0.469 e. The van der Waals surface area contributed by atoms with Crippen LogP contribution in [0.25, 0.3) is 0 Å². The van der Waals surface area contributed by atoms with Crippen molar-refractivity contribution in [3.8, 4) is 0 Å². The Labute approximate surface area is 238 Å². The van der Waals surface area contributed by atoms with E-state index in [1.807, 2.05) is 0 Å². The number of hydrogen-bond acceptors (Lipinski definition) is 9. The molecule has 2 unspecified atom stereocenters. The van der Waals surface area contributed by atoms with Crippen molar-refractivity contribution in [3.05, 3.63) is 0 Å². The largest absolute Gasteiger partial charge is 0.469 e. The number of carbonyl (C=O) groups excluding carboxylic acids is 4. The Morgan fingerprint density at radius 2 is 1.62 bits per heavy atom. The number of aliphatic hydroxyl groups excluding tert-OH is 1. The van der Waals surface area contributed by atoms with Crippen LogP contribution in [0.5, 0.6) is 0 Å². The molecular weight excluding hydrogens is 516 g/mol. The fourth-order valence-corrected chi connectivity index (χ4v) is 9.98. The number of aliphatic hydroxyl groups is 1. The van der Waals surface area contributed by atoms with Crippen LogP contribution >= 0.6 is 0 Å². The second-order valence-corrected chi connectivity index (χ2v) is 13.6. The van der Waals surface area contributed by atoms with Crippen LogP contribution in [-0.4, -0.2) is 62.0 Å². The maximum absolute atomic E-state index is 11.9. The highest BCUT2D eigenvalue weighted by atomic mass is 16.5. The molecule has 4 fully saturated rings. The van der Waals surface area contributed by atoms with Gasteiger partial charge in [-0.05, 0) is 99.7 Å². The molecule has 9 heteroatoms. The van der Waals surface area contributed by atoms with Crippen LogP contribution in [0.3, 0.4) is 0 Å². The van der Waals surface area contributed by atoms with Gasteiger partial charge in [-0.1, -0.05) is 20.8 Å². The molecule has 4 aliphatic carbocycles. The van der Waals surface area contributed by atoms with Gasteiger partial charge in [-0.25, -0.2) is 0 Å². The van der Waals surface area contributed by atoms with Gasteiger partial charge in [0.1, 0.15) is 18.3 Å². The third-order valence-electron chi connectivity index (χ3n) is 12.2. The molecule has 226 valence electrons. The van der Waals surface area contributed by atoms with Gasteiger partial charge in [0.15, 0.2) is 0 Å². The number of ether oxygens (including phenoxy) is 4. The Morgan fingerprint density at radius 3 is 2.27 bits per heavy atom. The minimum atomic E-state index is -0.781. The first kappa shape index (κ1) is 30.8. The Hall–Kier alpha value is -2.16. The van der Waals surface area contributed by atoms with E-state index in [1.54, 1.807) is 6.92 Å². The average molecular weight is 565 g/mol. The van der Waals surface area contributed by atoms with Crippen molar-refractivity contribution in [1.82, 2.24) is 0 Å². The van der Waals surface area contributed by atoms with Crippen LogP contribution in [0.15, 0.2) is 0 Å². The molecule has 0 aromatic heterocycles. The molecule has 0 aromatic carbocycles. The van der Waals surface area contributed by atoms with E-state index in [-0.39, 0.29) is 64.6 Å². The molecule has 4 rings (SSSR count). The fraction of sp³-hybridized carbons (Fsp3) is 0.871. The van der Waals surface area contributed by atoms with Crippen molar-refractivity contribution < 1.29 is 43.2 Å². The summed E-state index contributed by atoms with van der Waals surface area (Å²) in [6, 6.07) is 0. The Morgan fingerprint density at radius 1 is 0.925 bits per heavy atom. The molecule has 0 heterocycles. The predicted molar refractivity (Wildman–Crippen MR) is 144 cm³/mol. The first-order chi connectivity index (χ1) is 19.1. The molecule has 40 heavy (non-hydrogen) atoms. The average Bonchev–Trinajstić information content (AvgIpc) is 3.30. The zero-order chi connectivity index (χ0) is 29.2. The molecule has 4 saturated carbocycles. The van der Waals surface area contributed by atoms with Crippen molar-refractivity contribution in [3.63, 3.8) is 0 Å². The summed E-state index contributed by atoms with van der Waals surface area (Å²) in [6.45, 7) is 10.2. The third-order valence-corrected chi connectivity index (χ3v) is 12.2. The van der Waals surface area contributed by atoms with E-state index in [0.29, 0.717) is 32.3 Å². The highest BCUT2D eigenvalue weighted by Crippen LogP contribution is 2.69. The number of rotatable bonds is 12. The quantitative estimate of drug-likeness (QED) is 0.212. The summed E-state index contributed by atoms with van der Waals surface area (Å²) in [4.78, 5) is 46.5. The number of carbonyl (C=O) groups is 4. The summed E-state index contributed by atoms with van der Waals surface area (Å²) >= 11 is 0. The number of esters is 1. The van der Waals surface area contributed by atoms with Crippen molar-refractivity contribution >= 4 is 25.4 Å². The summed E-state index contributed by atoms with van der Waals surface area (Å²) in [5, 5.41) is 10.6. The smallest absolute Gasteiger partial charge is 0.311 e. The number of methoxy groups -OCH3 is 1. The van der Waals surface area contributed by atoms with E-state index in [2.05, 4.69) is 20.8 Å². The minimum absolute atomic E-state index is 0.0280. The zero-order valence-corrected chi connectivity index (χ0v) is 24.7. The Balaban J connectivity index is 1.60. The molecule has 0 radical (unpaired) electrons. The van der Waals surface area contributed by atoms with Crippen LogP contribution in [0, 0.1) is 52.3 Å². The molecule has 0 saturated heterocycles. The van der Waals surface area contributed by atoms with Crippen LogP contribution in [0.2, 0.25) is 0 Å². The summed E-state index contributed by atoms with van der Waals surface area (Å²) in [5.41, 5.74) is -0.328. The van der Waals surface area contributed by atoms with Crippen LogP contribution in [-0.2, 0) is 38.1 Å². The van der Waals surface area contributed by atoms with Gasteiger partial charge in [0.25, 0.3) is 19.4 Å². The maximum atomic E-state index is 11.9. The molecule has 4 aliphatic rings. The molecule has 0 spiro atoms. The highest BCUT2D eigenvalue weighted by molar-refractivity contribution is 5.72. The molecule has 0 amide bonds. The lowest BCUT2D eigenvalue weighted by atomic mass is 9.43. The van der Waals surface area contributed by atoms with Gasteiger partial charge in [0, 0.05) is 11.3 Å². The van der Waals surface area contributed by atoms with Crippen molar-refractivity contribution in [2.75, 3.05) is 7.11 Å². The summed E-state index contributed by atoms with van der Waals surface area (Å²) in [7, 11) is 1.33. The van der Waals surface area contributed by atoms with Gasteiger partial charge >= 0.3 is 5.97 Å². The third kappa shape index (κ3) is 5.27. The summed E-state index contributed by atoms with van der Waals surface area (Å²) in [6.07, 6.45) is 5.71. The second-order valence-electron chi connectivity index (χ2n) is 13.6. The number of hydrogen-bond donors (Lipinski definition) is 1. The normalized spacial score (nSPS) is 42.5. The lowest BCUT2D eigenvalue weighted by molar-refractivity contribution is -0.218. The predicted octanol–water partition coefficient (Wildman–Crippen LogP) is 4.08. The lowest BCUT2D eigenvalue weighted by Crippen LogP contribution is -2.63. The molecule has 0 aliphatic heterocycles. The van der Waals surface area contributed by atoms with Crippen molar-refractivity contribution in [2.45, 2.75) is 110 Å². The van der Waals surface area contributed by atoms with E-state index >= 15 is 0 Å². The van der Waals surface area contributed by atoms with E-state index in [0.717, 1.165) is 44.9 Å². The first-order valence-electron chi connectivity index (χ1n) is 15.1. The zero-order valence-electron chi connectivity index (χ0n) is 24.7. The monoisotopic (exact) mass is 564 g/mol. The van der Waals surface area contributed by atoms with Gasteiger partial charge in [-0.2, -0.15) is 0 Å². The molecule has 0 bridgehead atoms. The fourth-order valence-electron chi connectivity index (χ4n) is 9.98. The van der Waals surface area contributed by atoms with Crippen molar-refractivity contribution in [2.24, 2.45) is 52.3 Å². The molecule has 13 atom stereocenters. The second kappa shape index (κ2) is 12.4. The molecule has 0 aromatic rings. The SMILES string of the molecule is COC(=O)C(C)C(O)CC[C@@H](C)[C@H]1CC[C@H]2[C@@H]3[C@H](OC=O)C[C@@H]4C[C@H](OC=O)CC[C@]4(C)[C@H]3C[C@H](OC=O)[C@]12C. The van der Waals surface area contributed by atoms with Gasteiger partial charge in [0.05, 0.1) is 19.1 Å². The van der Waals surface area contributed by atoms with E-state index < -0.39 is 18.0 Å². The summed E-state index contributed by atoms with van der Waals surface area (Å²) in [5.74, 6) is 0.321. The first-order valence-corrected chi connectivity index (χ1v) is 15.1. The van der Waals surface area contributed by atoms with Crippen LogP contribution in [0.1, 0.15) is 85.5 Å². The van der Waals surface area contributed by atoms with E-state index in [4.69, 9.17) is 18.9 Å². The van der Waals surface area contributed by atoms with Crippen molar-refractivity contribution in [1.29, 1.82) is 0 Å². The highest BCUT2D eigenvalue weighted by Gasteiger charge is 2.67. The Bertz CT molecular complexity index is 924. The summed E-state index contributed by atoms with van der Waals surface area (Å²) < 4.78 is 22.0. The van der Waals surface area contributed by atoms with Gasteiger partial charge in [-0.3, -0.25) is 19.2 Å². The van der Waals surface area contributed by atoms with Gasteiger partial charge < -0.3 is 24.1 Å². The van der Waals surface area contributed by atoms with E-state index in [1.165, 1.54) is 7.11 Å². The van der Waals surface area contributed by atoms with Crippen LogP contribution in [0.4, 0.5) is 0 Å². The molecular formula is C31H48O9. The topological polar surface area (TPSA) is 125 Å².